The monoisotopic (exact) mass is 486 g/mol. The lowest BCUT2D eigenvalue weighted by molar-refractivity contribution is -0.137. The minimum absolute atomic E-state index is 0.0796. The first kappa shape index (κ1) is 23.2. The molecule has 0 saturated carbocycles. The maximum Gasteiger partial charge on any atom is 0.416 e. The van der Waals surface area contributed by atoms with Crippen molar-refractivity contribution in [1.29, 1.82) is 0 Å². The number of alkyl halides is 3. The minimum atomic E-state index is -4.43. The van der Waals surface area contributed by atoms with E-state index in [-0.39, 0.29) is 53.7 Å². The fraction of sp³-hybridized carbons (Fsp3) is 0.381. The third-order valence-corrected chi connectivity index (χ3v) is 7.40. The second-order valence-corrected chi connectivity index (χ2v) is 9.40. The van der Waals surface area contributed by atoms with E-state index in [1.165, 1.54) is 35.6 Å². The summed E-state index contributed by atoms with van der Waals surface area (Å²) >= 11 is 0. The van der Waals surface area contributed by atoms with E-state index in [1.807, 2.05) is 0 Å². The largest absolute Gasteiger partial charge is 0.490 e. The zero-order valence-corrected chi connectivity index (χ0v) is 18.3. The van der Waals surface area contributed by atoms with Gasteiger partial charge >= 0.3 is 6.18 Å². The molecule has 12 heteroatoms. The molecule has 2 aliphatic rings. The molecule has 0 aliphatic carbocycles. The molecule has 0 aromatic heterocycles. The van der Waals surface area contributed by atoms with Crippen molar-refractivity contribution in [3.05, 3.63) is 47.5 Å². The average Bonchev–Trinajstić information content (AvgIpc) is 3.27. The summed E-state index contributed by atoms with van der Waals surface area (Å²) in [5.74, 6) is 0.0329. The van der Waals surface area contributed by atoms with Gasteiger partial charge in [0.15, 0.2) is 11.5 Å². The summed E-state index contributed by atoms with van der Waals surface area (Å²) < 4.78 is 82.3. The van der Waals surface area contributed by atoms with Crippen LogP contribution in [0.15, 0.2) is 41.3 Å². The normalized spacial score (nSPS) is 17.1. The van der Waals surface area contributed by atoms with Crippen LogP contribution in [0.4, 0.5) is 13.2 Å². The average molecular weight is 486 g/mol. The van der Waals surface area contributed by atoms with Gasteiger partial charge in [0.25, 0.3) is 5.91 Å². The van der Waals surface area contributed by atoms with Crippen LogP contribution in [-0.2, 0) is 16.2 Å². The SMILES string of the molecule is CNC(=O)c1c(S(=O)(=O)N2CCC(Oc3ccc(C(F)(F)F)cc3)CC2)ccc2c1OCO2. The Kier molecular flexibility index (Phi) is 6.14. The van der Waals surface area contributed by atoms with Gasteiger partial charge in [0.05, 0.1) is 10.5 Å². The second-order valence-electron chi connectivity index (χ2n) is 7.50. The number of halogens is 3. The van der Waals surface area contributed by atoms with Gasteiger partial charge < -0.3 is 19.5 Å². The van der Waals surface area contributed by atoms with E-state index in [1.54, 1.807) is 0 Å². The van der Waals surface area contributed by atoms with Gasteiger partial charge in [-0.05, 0) is 49.2 Å². The number of sulfonamides is 1. The molecule has 2 aromatic carbocycles. The van der Waals surface area contributed by atoms with Crippen LogP contribution in [0.5, 0.6) is 17.2 Å². The number of hydrogen-bond acceptors (Lipinski definition) is 6. The Labute approximate surface area is 188 Å². The molecule has 0 unspecified atom stereocenters. The summed E-state index contributed by atoms with van der Waals surface area (Å²) in [4.78, 5) is 12.3. The van der Waals surface area contributed by atoms with Crippen molar-refractivity contribution in [1.82, 2.24) is 9.62 Å². The predicted molar refractivity (Wildman–Crippen MR) is 110 cm³/mol. The summed E-state index contributed by atoms with van der Waals surface area (Å²) in [6, 6.07) is 7.13. The highest BCUT2D eigenvalue weighted by Crippen LogP contribution is 2.40. The lowest BCUT2D eigenvalue weighted by atomic mass is 10.1. The molecule has 0 spiro atoms. The van der Waals surface area contributed by atoms with Gasteiger partial charge in [-0.2, -0.15) is 17.5 Å². The van der Waals surface area contributed by atoms with Crippen LogP contribution in [0, 0.1) is 0 Å². The number of benzene rings is 2. The van der Waals surface area contributed by atoms with Gasteiger partial charge in [0.1, 0.15) is 17.4 Å². The van der Waals surface area contributed by atoms with Gasteiger partial charge in [-0.1, -0.05) is 0 Å². The van der Waals surface area contributed by atoms with Crippen molar-refractivity contribution in [3.8, 4) is 17.2 Å². The molecule has 2 aromatic rings. The van der Waals surface area contributed by atoms with Gasteiger partial charge in [0.2, 0.25) is 16.8 Å². The first-order valence-electron chi connectivity index (χ1n) is 10.1. The molecule has 1 N–H and O–H groups in total. The Bertz CT molecular complexity index is 1140. The Morgan fingerprint density at radius 2 is 1.76 bits per heavy atom. The van der Waals surface area contributed by atoms with Crippen LogP contribution in [0.2, 0.25) is 0 Å². The molecular weight excluding hydrogens is 465 g/mol. The Balaban J connectivity index is 1.47. The third kappa shape index (κ3) is 4.58. The van der Waals surface area contributed by atoms with Crippen LogP contribution < -0.4 is 19.5 Å². The van der Waals surface area contributed by atoms with E-state index in [0.717, 1.165) is 12.1 Å². The van der Waals surface area contributed by atoms with Crippen LogP contribution >= 0.6 is 0 Å². The molecule has 1 amide bonds. The molecule has 1 fully saturated rings. The van der Waals surface area contributed by atoms with Crippen molar-refractivity contribution in [2.45, 2.75) is 30.0 Å². The van der Waals surface area contributed by atoms with Crippen LogP contribution in [0.1, 0.15) is 28.8 Å². The van der Waals surface area contributed by atoms with Crippen molar-refractivity contribution >= 4 is 15.9 Å². The lowest BCUT2D eigenvalue weighted by Gasteiger charge is -2.32. The summed E-state index contributed by atoms with van der Waals surface area (Å²) in [6.45, 7) is 0.125. The van der Waals surface area contributed by atoms with E-state index in [9.17, 15) is 26.4 Å². The fourth-order valence-electron chi connectivity index (χ4n) is 3.75. The highest BCUT2D eigenvalue weighted by molar-refractivity contribution is 7.89. The molecule has 0 atom stereocenters. The maximum absolute atomic E-state index is 13.3. The number of ether oxygens (including phenoxy) is 3. The topological polar surface area (TPSA) is 94.2 Å². The van der Waals surface area contributed by atoms with E-state index < -0.39 is 27.7 Å². The summed E-state index contributed by atoms with van der Waals surface area (Å²) in [6.07, 6.45) is -4.12. The van der Waals surface area contributed by atoms with E-state index in [2.05, 4.69) is 5.32 Å². The zero-order valence-electron chi connectivity index (χ0n) is 17.5. The molecule has 8 nitrogen and oxygen atoms in total. The van der Waals surface area contributed by atoms with Gasteiger partial charge in [-0.3, -0.25) is 4.79 Å². The molecule has 33 heavy (non-hydrogen) atoms. The predicted octanol–water partition coefficient (Wildman–Crippen LogP) is 3.03. The first-order chi connectivity index (χ1) is 15.6. The number of carbonyl (C=O) groups excluding carboxylic acids is 1. The van der Waals surface area contributed by atoms with Gasteiger partial charge in [-0.25, -0.2) is 8.42 Å². The number of carbonyl (C=O) groups is 1. The molecule has 2 heterocycles. The standard InChI is InChI=1S/C21H21F3N2O6S/c1-25-20(27)18-17(7-6-16-19(18)31-12-30-16)33(28,29)26-10-8-15(9-11-26)32-14-4-2-13(3-5-14)21(22,23)24/h2-7,15H,8-12H2,1H3,(H,25,27). The number of hydrogen-bond donors (Lipinski definition) is 1. The van der Waals surface area contributed by atoms with E-state index in [0.29, 0.717) is 12.8 Å². The summed E-state index contributed by atoms with van der Waals surface area (Å²) in [5, 5.41) is 2.43. The molecular formula is C21H21F3N2O6S. The Morgan fingerprint density at radius 1 is 1.09 bits per heavy atom. The van der Waals surface area contributed by atoms with E-state index in [4.69, 9.17) is 14.2 Å². The molecule has 178 valence electrons. The molecule has 4 rings (SSSR count). The maximum atomic E-state index is 13.3. The number of amides is 1. The van der Waals surface area contributed by atoms with Gasteiger partial charge in [-0.15, -0.1) is 0 Å². The molecule has 1 saturated heterocycles. The summed E-state index contributed by atoms with van der Waals surface area (Å²) in [7, 11) is -2.64. The fourth-order valence-corrected chi connectivity index (χ4v) is 5.41. The quantitative estimate of drug-likeness (QED) is 0.699. The van der Waals surface area contributed by atoms with Crippen LogP contribution in [0.25, 0.3) is 0 Å². The lowest BCUT2D eigenvalue weighted by Crippen LogP contribution is -2.42. The molecule has 2 aliphatic heterocycles. The second kappa shape index (κ2) is 8.75. The number of piperidine rings is 1. The highest BCUT2D eigenvalue weighted by atomic mass is 32.2. The minimum Gasteiger partial charge on any atom is -0.490 e. The number of nitrogens with zero attached hydrogens (tertiary/aromatic N) is 1. The number of fused-ring (bicyclic) bond motifs is 1. The van der Waals surface area contributed by atoms with Crippen molar-refractivity contribution in [2.24, 2.45) is 0 Å². The van der Waals surface area contributed by atoms with Crippen LogP contribution in [-0.4, -0.2) is 51.7 Å². The van der Waals surface area contributed by atoms with Crippen molar-refractivity contribution in [3.63, 3.8) is 0 Å². The zero-order chi connectivity index (χ0) is 23.8. The van der Waals surface area contributed by atoms with Crippen molar-refractivity contribution in [2.75, 3.05) is 26.9 Å². The Hall–Kier alpha value is -2.99. The molecule has 0 radical (unpaired) electrons. The summed E-state index contributed by atoms with van der Waals surface area (Å²) in [5.41, 5.74) is -0.887. The Morgan fingerprint density at radius 3 is 2.36 bits per heavy atom. The molecule has 0 bridgehead atoms. The number of nitrogens with one attached hydrogen (secondary N) is 1. The highest BCUT2D eigenvalue weighted by Gasteiger charge is 2.36. The van der Waals surface area contributed by atoms with E-state index >= 15 is 0 Å². The first-order valence-corrected chi connectivity index (χ1v) is 11.5. The number of rotatable bonds is 5. The third-order valence-electron chi connectivity index (χ3n) is 5.46. The van der Waals surface area contributed by atoms with Crippen LogP contribution in [0.3, 0.4) is 0 Å². The smallest absolute Gasteiger partial charge is 0.416 e. The van der Waals surface area contributed by atoms with Crippen molar-refractivity contribution < 1.29 is 40.6 Å². The van der Waals surface area contributed by atoms with Gasteiger partial charge in [0, 0.05) is 20.1 Å².